The Labute approximate surface area is 183 Å². The van der Waals surface area contributed by atoms with E-state index < -0.39 is 10.4 Å². The second-order valence-electron chi connectivity index (χ2n) is 5.87. The summed E-state index contributed by atoms with van der Waals surface area (Å²) in [5, 5.41) is 0. The summed E-state index contributed by atoms with van der Waals surface area (Å²) in [6, 6.07) is 10.9. The fourth-order valence-electron chi connectivity index (χ4n) is 2.46. The fourth-order valence-corrected chi connectivity index (χ4v) is 2.46. The zero-order chi connectivity index (χ0) is 17.4. The standard InChI is InChI=1S/C18H30.Na.H2O4S.H2S.H/c1-2-3-4-5-6-7-8-9-10-12-15-18-16-13-11-14-17-18;;1-5(2,3)4;;/h11,13-14,16-17H,2-10,12,15H2,1H3;;(H2,1,2,3,4);1H2;. The van der Waals surface area contributed by atoms with Gasteiger partial charge in [-0.2, -0.15) is 21.9 Å². The van der Waals surface area contributed by atoms with Crippen molar-refractivity contribution >= 4 is 53.5 Å². The molecule has 0 heterocycles. The minimum atomic E-state index is -4.67. The molecule has 0 aliphatic heterocycles. The van der Waals surface area contributed by atoms with Crippen molar-refractivity contribution in [2.75, 3.05) is 0 Å². The molecule has 0 aromatic heterocycles. The minimum absolute atomic E-state index is 0. The molecule has 2 N–H and O–H groups in total. The topological polar surface area (TPSA) is 74.6 Å². The van der Waals surface area contributed by atoms with Crippen LogP contribution in [0.1, 0.15) is 76.7 Å². The van der Waals surface area contributed by atoms with Crippen LogP contribution < -0.4 is 0 Å². The van der Waals surface area contributed by atoms with E-state index in [2.05, 4.69) is 37.3 Å². The van der Waals surface area contributed by atoms with Crippen LogP contribution in [-0.4, -0.2) is 47.1 Å². The van der Waals surface area contributed by atoms with Crippen molar-refractivity contribution in [3.8, 4) is 0 Å². The van der Waals surface area contributed by atoms with Gasteiger partial charge in [-0.15, -0.1) is 0 Å². The summed E-state index contributed by atoms with van der Waals surface area (Å²) < 4.78 is 31.6. The molecule has 1 rings (SSSR count). The maximum atomic E-state index is 8.74. The third-order valence-corrected chi connectivity index (χ3v) is 3.66. The summed E-state index contributed by atoms with van der Waals surface area (Å²) >= 11 is 0. The average Bonchev–Trinajstić information content (AvgIpc) is 2.48. The van der Waals surface area contributed by atoms with Crippen molar-refractivity contribution in [1.29, 1.82) is 0 Å². The molecule has 0 saturated heterocycles. The van der Waals surface area contributed by atoms with Crippen LogP contribution in [0.4, 0.5) is 0 Å². The van der Waals surface area contributed by atoms with Gasteiger partial charge >= 0.3 is 40.0 Å². The van der Waals surface area contributed by atoms with Gasteiger partial charge < -0.3 is 0 Å². The van der Waals surface area contributed by atoms with Crippen LogP contribution in [0.5, 0.6) is 0 Å². The summed E-state index contributed by atoms with van der Waals surface area (Å²) in [4.78, 5) is 0. The number of hydrogen-bond donors (Lipinski definition) is 2. The zero-order valence-electron chi connectivity index (χ0n) is 14.8. The molecule has 0 amide bonds. The average molecular weight is 403 g/mol. The molecule has 0 aliphatic carbocycles. The van der Waals surface area contributed by atoms with E-state index in [9.17, 15) is 0 Å². The van der Waals surface area contributed by atoms with E-state index in [0.29, 0.717) is 0 Å². The van der Waals surface area contributed by atoms with Crippen LogP contribution in [0, 0.1) is 0 Å². The molecule has 0 atom stereocenters. The van der Waals surface area contributed by atoms with Crippen LogP contribution in [0.2, 0.25) is 0 Å². The molecule has 0 fully saturated rings. The summed E-state index contributed by atoms with van der Waals surface area (Å²) in [7, 11) is -4.67. The molecule has 0 radical (unpaired) electrons. The molecule has 0 bridgehead atoms. The number of unbranched alkanes of at least 4 members (excludes halogenated alkanes) is 9. The first-order valence-corrected chi connectivity index (χ1v) is 10.1. The van der Waals surface area contributed by atoms with E-state index >= 15 is 0 Å². The Morgan fingerprint density at radius 1 is 0.760 bits per heavy atom. The van der Waals surface area contributed by atoms with Gasteiger partial charge in [-0.1, -0.05) is 95.0 Å². The summed E-state index contributed by atoms with van der Waals surface area (Å²) in [5.41, 5.74) is 1.50. The first kappa shape index (κ1) is 30.2. The van der Waals surface area contributed by atoms with Crippen molar-refractivity contribution in [2.24, 2.45) is 0 Å². The summed E-state index contributed by atoms with van der Waals surface area (Å²) in [5.74, 6) is 0. The molecule has 0 aliphatic rings. The predicted molar refractivity (Wildman–Crippen MR) is 114 cm³/mol. The summed E-state index contributed by atoms with van der Waals surface area (Å²) in [6.07, 6.45) is 15.5. The van der Waals surface area contributed by atoms with Crippen LogP contribution in [0.3, 0.4) is 0 Å². The van der Waals surface area contributed by atoms with E-state index in [1.807, 2.05) is 0 Å². The Kier molecular flexibility index (Phi) is 25.0. The number of hydrogen-bond acceptors (Lipinski definition) is 2. The van der Waals surface area contributed by atoms with E-state index in [-0.39, 0.29) is 43.1 Å². The summed E-state index contributed by atoms with van der Waals surface area (Å²) in [6.45, 7) is 2.28. The molecular formula is C18H35NaO4S2. The first-order valence-electron chi connectivity index (χ1n) is 8.67. The van der Waals surface area contributed by atoms with Gasteiger partial charge in [0.05, 0.1) is 0 Å². The molecule has 25 heavy (non-hydrogen) atoms. The molecular weight excluding hydrogens is 367 g/mol. The molecule has 1 aromatic rings. The third-order valence-electron chi connectivity index (χ3n) is 3.66. The number of benzene rings is 1. The maximum absolute atomic E-state index is 8.74. The normalized spacial score (nSPS) is 10.0. The van der Waals surface area contributed by atoms with Crippen molar-refractivity contribution in [3.05, 3.63) is 35.9 Å². The molecule has 144 valence electrons. The third kappa shape index (κ3) is 29.5. The quantitative estimate of drug-likeness (QED) is 0.312. The van der Waals surface area contributed by atoms with Gasteiger partial charge in [0.15, 0.2) is 0 Å². The van der Waals surface area contributed by atoms with Gasteiger partial charge in [-0.05, 0) is 18.4 Å². The Bertz CT molecular complexity index is 459. The van der Waals surface area contributed by atoms with Gasteiger partial charge in [0.1, 0.15) is 0 Å². The monoisotopic (exact) mass is 402 g/mol. The van der Waals surface area contributed by atoms with E-state index in [1.54, 1.807) is 0 Å². The van der Waals surface area contributed by atoms with Crippen molar-refractivity contribution in [2.45, 2.75) is 77.6 Å². The van der Waals surface area contributed by atoms with Gasteiger partial charge in [-0.25, -0.2) is 0 Å². The Balaban J connectivity index is -0.000000610. The van der Waals surface area contributed by atoms with Gasteiger partial charge in [0, 0.05) is 0 Å². The predicted octanol–water partition coefficient (Wildman–Crippen LogP) is 4.96. The SMILES string of the molecule is CCCCCCCCCCCCc1ccccc1.O=S(=O)(O)O.S.[NaH]. The Morgan fingerprint density at radius 3 is 1.52 bits per heavy atom. The van der Waals surface area contributed by atoms with E-state index in [4.69, 9.17) is 17.5 Å². The van der Waals surface area contributed by atoms with Gasteiger partial charge in [0.2, 0.25) is 0 Å². The second kappa shape index (κ2) is 20.7. The number of aryl methyl sites for hydroxylation is 1. The van der Waals surface area contributed by atoms with E-state index in [1.165, 1.54) is 76.2 Å². The van der Waals surface area contributed by atoms with Crippen LogP contribution in [-0.2, 0) is 16.8 Å². The molecule has 0 saturated carbocycles. The molecule has 4 nitrogen and oxygen atoms in total. The fraction of sp³-hybridized carbons (Fsp3) is 0.667. The van der Waals surface area contributed by atoms with Crippen LogP contribution in [0.15, 0.2) is 30.3 Å². The van der Waals surface area contributed by atoms with Crippen LogP contribution in [0.25, 0.3) is 0 Å². The van der Waals surface area contributed by atoms with Crippen molar-refractivity contribution in [3.63, 3.8) is 0 Å². The number of rotatable bonds is 11. The van der Waals surface area contributed by atoms with Crippen molar-refractivity contribution in [1.82, 2.24) is 0 Å². The molecule has 0 unspecified atom stereocenters. The van der Waals surface area contributed by atoms with Gasteiger partial charge in [-0.3, -0.25) is 9.11 Å². The van der Waals surface area contributed by atoms with Crippen molar-refractivity contribution < 1.29 is 17.5 Å². The Hall–Kier alpha value is 0.440. The molecule has 1 aromatic carbocycles. The Morgan fingerprint density at radius 2 is 1.12 bits per heavy atom. The first-order chi connectivity index (χ1) is 10.9. The molecule has 0 spiro atoms. The molecule has 7 heteroatoms. The van der Waals surface area contributed by atoms with Crippen LogP contribution >= 0.6 is 13.5 Å². The second-order valence-corrected chi connectivity index (χ2v) is 6.76. The zero-order valence-corrected chi connectivity index (χ0v) is 16.6. The van der Waals surface area contributed by atoms with E-state index in [0.717, 1.165) is 0 Å². The van der Waals surface area contributed by atoms with Gasteiger partial charge in [0.25, 0.3) is 0 Å².